The van der Waals surface area contributed by atoms with Gasteiger partial charge in [-0.2, -0.15) is 0 Å². The smallest absolute Gasteiger partial charge is 0.159 e. The molecule has 0 unspecified atom stereocenters. The van der Waals surface area contributed by atoms with Crippen molar-refractivity contribution in [1.29, 1.82) is 0 Å². The minimum Gasteiger partial charge on any atom is -0.353 e. The average Bonchev–Trinajstić information content (AvgIpc) is 2.34. The largest absolute Gasteiger partial charge is 0.353 e. The second kappa shape index (κ2) is 8.45. The molecule has 0 saturated heterocycles. The maximum Gasteiger partial charge on any atom is 0.159 e. The van der Waals surface area contributed by atoms with Gasteiger partial charge in [0.2, 0.25) is 0 Å². The van der Waals surface area contributed by atoms with Gasteiger partial charge in [-0.05, 0) is 32.0 Å². The molecule has 1 aromatic carbocycles. The van der Waals surface area contributed by atoms with Crippen LogP contribution in [0, 0.1) is 11.6 Å². The summed E-state index contributed by atoms with van der Waals surface area (Å²) in [7, 11) is 0. The fourth-order valence-electron chi connectivity index (χ4n) is 1.43. The molecule has 0 amide bonds. The number of thioether (sulfide) groups is 1. The molecule has 0 fully saturated rings. The maximum absolute atomic E-state index is 13.0. The fourth-order valence-corrected chi connectivity index (χ4v) is 2.32. The van der Waals surface area contributed by atoms with Crippen molar-refractivity contribution in [2.24, 2.45) is 0 Å². The van der Waals surface area contributed by atoms with Crippen LogP contribution in [0.4, 0.5) is 8.78 Å². The summed E-state index contributed by atoms with van der Waals surface area (Å²) in [6.07, 6.45) is 0.489. The van der Waals surface area contributed by atoms with E-state index in [0.717, 1.165) is 11.8 Å². The molecule has 1 aromatic rings. The van der Waals surface area contributed by atoms with Crippen LogP contribution in [0.25, 0.3) is 0 Å². The van der Waals surface area contributed by atoms with Crippen molar-refractivity contribution in [2.75, 3.05) is 19.0 Å². The Balaban J connectivity index is 2.37. The molecular weight excluding hydrogens is 258 g/mol. The molecule has 0 heterocycles. The zero-order valence-corrected chi connectivity index (χ0v) is 11.4. The Hall–Kier alpha value is -0.650. The number of rotatable bonds is 8. The van der Waals surface area contributed by atoms with Crippen LogP contribution in [0.2, 0.25) is 0 Å². The van der Waals surface area contributed by atoms with Crippen LogP contribution < -0.4 is 0 Å². The van der Waals surface area contributed by atoms with Crippen LogP contribution in [-0.2, 0) is 9.47 Å². The van der Waals surface area contributed by atoms with Gasteiger partial charge in [-0.15, -0.1) is 11.8 Å². The van der Waals surface area contributed by atoms with E-state index in [4.69, 9.17) is 9.47 Å². The van der Waals surface area contributed by atoms with Gasteiger partial charge in [0, 0.05) is 30.3 Å². The van der Waals surface area contributed by atoms with Gasteiger partial charge < -0.3 is 9.47 Å². The predicted octanol–water partition coefficient (Wildman–Crippen LogP) is 3.85. The van der Waals surface area contributed by atoms with Gasteiger partial charge in [0.05, 0.1) is 0 Å². The van der Waals surface area contributed by atoms with Crippen LogP contribution in [-0.4, -0.2) is 25.3 Å². The summed E-state index contributed by atoms with van der Waals surface area (Å²) in [6, 6.07) is 3.91. The third-order valence-electron chi connectivity index (χ3n) is 2.22. The highest BCUT2D eigenvalue weighted by Crippen LogP contribution is 2.22. The van der Waals surface area contributed by atoms with E-state index < -0.39 is 11.6 Å². The van der Waals surface area contributed by atoms with E-state index in [1.807, 2.05) is 13.8 Å². The maximum atomic E-state index is 13.0. The van der Waals surface area contributed by atoms with E-state index in [2.05, 4.69) is 0 Å². The van der Waals surface area contributed by atoms with E-state index in [-0.39, 0.29) is 6.29 Å². The first-order chi connectivity index (χ1) is 8.67. The molecule has 102 valence electrons. The molecule has 0 aliphatic rings. The summed E-state index contributed by atoms with van der Waals surface area (Å²) >= 11 is 1.46. The minimum atomic E-state index is -0.819. The standard InChI is InChI=1S/C13H18F2O2S/c1-3-16-13(17-4-2)7-8-18-10-5-6-11(14)12(15)9-10/h5-6,9,13H,3-4,7-8H2,1-2H3. The quantitative estimate of drug-likeness (QED) is 0.531. The molecule has 0 aliphatic heterocycles. The second-order valence-electron chi connectivity index (χ2n) is 3.55. The number of benzene rings is 1. The summed E-state index contributed by atoms with van der Waals surface area (Å²) in [6.45, 7) is 5.02. The van der Waals surface area contributed by atoms with Crippen molar-refractivity contribution in [3.05, 3.63) is 29.8 Å². The van der Waals surface area contributed by atoms with E-state index in [1.54, 1.807) is 6.07 Å². The van der Waals surface area contributed by atoms with Gasteiger partial charge in [0.1, 0.15) is 0 Å². The van der Waals surface area contributed by atoms with E-state index >= 15 is 0 Å². The Morgan fingerprint density at radius 3 is 2.33 bits per heavy atom. The zero-order chi connectivity index (χ0) is 13.4. The summed E-state index contributed by atoms with van der Waals surface area (Å²) in [5.74, 6) is -0.900. The Bertz CT molecular complexity index is 355. The molecule has 0 radical (unpaired) electrons. The normalized spacial score (nSPS) is 11.2. The van der Waals surface area contributed by atoms with E-state index in [1.165, 1.54) is 17.8 Å². The van der Waals surface area contributed by atoms with E-state index in [9.17, 15) is 8.78 Å². The van der Waals surface area contributed by atoms with Crippen molar-refractivity contribution in [2.45, 2.75) is 31.5 Å². The summed E-state index contributed by atoms with van der Waals surface area (Å²) in [5.41, 5.74) is 0. The monoisotopic (exact) mass is 276 g/mol. The number of hydrogen-bond acceptors (Lipinski definition) is 3. The first-order valence-corrected chi connectivity index (χ1v) is 6.97. The highest BCUT2D eigenvalue weighted by atomic mass is 32.2. The van der Waals surface area contributed by atoms with Gasteiger partial charge in [-0.3, -0.25) is 0 Å². The first kappa shape index (κ1) is 15.4. The van der Waals surface area contributed by atoms with Crippen LogP contribution in [0.1, 0.15) is 20.3 Å². The number of halogens is 2. The van der Waals surface area contributed by atoms with E-state index in [0.29, 0.717) is 24.5 Å². The van der Waals surface area contributed by atoms with Gasteiger partial charge in [0.15, 0.2) is 17.9 Å². The summed E-state index contributed by atoms with van der Waals surface area (Å²) in [4.78, 5) is 0.709. The van der Waals surface area contributed by atoms with Crippen molar-refractivity contribution in [1.82, 2.24) is 0 Å². The van der Waals surface area contributed by atoms with Crippen LogP contribution in [0.3, 0.4) is 0 Å². The lowest BCUT2D eigenvalue weighted by Crippen LogP contribution is -2.18. The van der Waals surface area contributed by atoms with Crippen molar-refractivity contribution >= 4 is 11.8 Å². The van der Waals surface area contributed by atoms with Crippen LogP contribution in [0.5, 0.6) is 0 Å². The molecule has 18 heavy (non-hydrogen) atoms. The van der Waals surface area contributed by atoms with Gasteiger partial charge >= 0.3 is 0 Å². The SMILES string of the molecule is CCOC(CCSc1ccc(F)c(F)c1)OCC. The molecule has 0 aromatic heterocycles. The third-order valence-corrected chi connectivity index (χ3v) is 3.25. The number of hydrogen-bond donors (Lipinski definition) is 0. The molecule has 1 rings (SSSR count). The molecule has 0 spiro atoms. The highest BCUT2D eigenvalue weighted by molar-refractivity contribution is 7.99. The third kappa shape index (κ3) is 5.33. The van der Waals surface area contributed by atoms with Gasteiger partial charge in [-0.25, -0.2) is 8.78 Å². The molecular formula is C13H18F2O2S. The average molecular weight is 276 g/mol. The minimum absolute atomic E-state index is 0.224. The molecule has 5 heteroatoms. The fraction of sp³-hybridized carbons (Fsp3) is 0.538. The molecule has 0 aliphatic carbocycles. The molecule has 0 saturated carbocycles. The molecule has 0 atom stereocenters. The lowest BCUT2D eigenvalue weighted by Gasteiger charge is -2.16. The topological polar surface area (TPSA) is 18.5 Å². The Morgan fingerprint density at radius 1 is 1.11 bits per heavy atom. The van der Waals surface area contributed by atoms with Crippen LogP contribution >= 0.6 is 11.8 Å². The van der Waals surface area contributed by atoms with Crippen molar-refractivity contribution < 1.29 is 18.3 Å². The van der Waals surface area contributed by atoms with Gasteiger partial charge in [0.25, 0.3) is 0 Å². The van der Waals surface area contributed by atoms with Gasteiger partial charge in [-0.1, -0.05) is 0 Å². The summed E-state index contributed by atoms with van der Waals surface area (Å²) < 4.78 is 36.5. The van der Waals surface area contributed by atoms with Crippen molar-refractivity contribution in [3.63, 3.8) is 0 Å². The molecule has 2 nitrogen and oxygen atoms in total. The lowest BCUT2D eigenvalue weighted by atomic mass is 10.3. The Labute approximate surface area is 111 Å². The second-order valence-corrected chi connectivity index (χ2v) is 4.72. The Kier molecular flexibility index (Phi) is 7.23. The first-order valence-electron chi connectivity index (χ1n) is 5.98. The van der Waals surface area contributed by atoms with Crippen molar-refractivity contribution in [3.8, 4) is 0 Å². The highest BCUT2D eigenvalue weighted by Gasteiger charge is 2.08. The molecule has 0 bridgehead atoms. The number of ether oxygens (including phenoxy) is 2. The summed E-state index contributed by atoms with van der Waals surface area (Å²) in [5, 5.41) is 0. The Morgan fingerprint density at radius 2 is 1.78 bits per heavy atom. The zero-order valence-electron chi connectivity index (χ0n) is 10.6. The lowest BCUT2D eigenvalue weighted by molar-refractivity contribution is -0.136. The molecule has 0 N–H and O–H groups in total. The van der Waals surface area contributed by atoms with Crippen LogP contribution in [0.15, 0.2) is 23.1 Å². The predicted molar refractivity (Wildman–Crippen MR) is 68.7 cm³/mol.